The van der Waals surface area contributed by atoms with Crippen LogP contribution in [0, 0.1) is 5.92 Å². The van der Waals surface area contributed by atoms with Gasteiger partial charge in [-0.3, -0.25) is 5.32 Å². The fourth-order valence-electron chi connectivity index (χ4n) is 2.94. The first-order valence-electron chi connectivity index (χ1n) is 7.94. The van der Waals surface area contributed by atoms with E-state index < -0.39 is 5.97 Å². The lowest BCUT2D eigenvalue weighted by molar-refractivity contribution is 0.0601. The predicted molar refractivity (Wildman–Crippen MR) is 95.9 cm³/mol. The number of hydrogen-bond acceptors (Lipinski definition) is 4. The first-order valence-corrected chi connectivity index (χ1v) is 8.76. The van der Waals surface area contributed by atoms with Gasteiger partial charge in [-0.2, -0.15) is 0 Å². The maximum Gasteiger partial charge on any atom is 0.341 e. The van der Waals surface area contributed by atoms with Crippen LogP contribution in [0.1, 0.15) is 34.1 Å². The summed E-state index contributed by atoms with van der Waals surface area (Å²) >= 11 is 1.48. The summed E-state index contributed by atoms with van der Waals surface area (Å²) in [5, 5.41) is 6.15. The van der Waals surface area contributed by atoms with Gasteiger partial charge in [-0.05, 0) is 42.9 Å². The van der Waals surface area contributed by atoms with Gasteiger partial charge < -0.3 is 10.1 Å². The number of urea groups is 1. The highest BCUT2D eigenvalue weighted by Crippen LogP contribution is 2.40. The molecule has 2 aromatic rings. The molecular weight excluding hydrogens is 324 g/mol. The number of anilines is 2. The monoisotopic (exact) mass is 344 g/mol. The molecule has 5 nitrogen and oxygen atoms in total. The van der Waals surface area contributed by atoms with Gasteiger partial charge in [-0.1, -0.05) is 25.1 Å². The van der Waals surface area contributed by atoms with Gasteiger partial charge in [0.1, 0.15) is 5.00 Å². The molecule has 1 aromatic heterocycles. The van der Waals surface area contributed by atoms with Crippen LogP contribution in [-0.2, 0) is 17.6 Å². The molecule has 0 bridgehead atoms. The number of esters is 1. The Morgan fingerprint density at radius 2 is 1.96 bits per heavy atom. The second-order valence-corrected chi connectivity index (χ2v) is 7.10. The molecule has 0 unspecified atom stereocenters. The highest BCUT2D eigenvalue weighted by molar-refractivity contribution is 7.17. The van der Waals surface area contributed by atoms with E-state index in [1.165, 1.54) is 23.3 Å². The summed E-state index contributed by atoms with van der Waals surface area (Å²) in [6.07, 6.45) is 2.83. The van der Waals surface area contributed by atoms with E-state index in [-0.39, 0.29) is 6.03 Å². The lowest BCUT2D eigenvalue weighted by Gasteiger charge is -2.18. The van der Waals surface area contributed by atoms with E-state index in [9.17, 15) is 9.59 Å². The lowest BCUT2D eigenvalue weighted by Crippen LogP contribution is -2.20. The second-order valence-electron chi connectivity index (χ2n) is 5.99. The normalized spacial score (nSPS) is 16.2. The van der Waals surface area contributed by atoms with Crippen LogP contribution in [-0.4, -0.2) is 19.1 Å². The molecule has 0 saturated carbocycles. The summed E-state index contributed by atoms with van der Waals surface area (Å²) in [5.41, 5.74) is 2.23. The molecule has 3 rings (SSSR count). The fourth-order valence-corrected chi connectivity index (χ4v) is 4.34. The van der Waals surface area contributed by atoms with Gasteiger partial charge in [0, 0.05) is 10.6 Å². The van der Waals surface area contributed by atoms with E-state index in [1.54, 1.807) is 0 Å². The summed E-state index contributed by atoms with van der Waals surface area (Å²) in [4.78, 5) is 25.6. The third-order valence-electron chi connectivity index (χ3n) is 4.16. The number of amides is 2. The molecule has 2 amide bonds. The average molecular weight is 344 g/mol. The van der Waals surface area contributed by atoms with Gasteiger partial charge in [-0.15, -0.1) is 11.3 Å². The maximum absolute atomic E-state index is 12.3. The third-order valence-corrected chi connectivity index (χ3v) is 5.33. The van der Waals surface area contributed by atoms with Crippen LogP contribution >= 0.6 is 11.3 Å². The zero-order chi connectivity index (χ0) is 17.1. The van der Waals surface area contributed by atoms with Crippen molar-refractivity contribution in [3.8, 4) is 0 Å². The summed E-state index contributed by atoms with van der Waals surface area (Å²) in [6.45, 7) is 2.20. The number of nitrogens with one attached hydrogen (secondary N) is 2. The lowest BCUT2D eigenvalue weighted by atomic mass is 9.88. The molecule has 1 aromatic carbocycles. The van der Waals surface area contributed by atoms with Crippen LogP contribution in [0.5, 0.6) is 0 Å². The highest BCUT2D eigenvalue weighted by Gasteiger charge is 2.28. The molecule has 24 heavy (non-hydrogen) atoms. The number of fused-ring (bicyclic) bond motifs is 1. The first-order chi connectivity index (χ1) is 11.6. The van der Waals surface area contributed by atoms with Crippen molar-refractivity contribution in [3.63, 3.8) is 0 Å². The van der Waals surface area contributed by atoms with Crippen molar-refractivity contribution in [2.75, 3.05) is 17.7 Å². The van der Waals surface area contributed by atoms with Crippen molar-refractivity contribution in [2.24, 2.45) is 5.92 Å². The Labute approximate surface area is 145 Å². The zero-order valence-electron chi connectivity index (χ0n) is 13.7. The molecule has 0 radical (unpaired) electrons. The van der Waals surface area contributed by atoms with Crippen LogP contribution in [0.15, 0.2) is 30.3 Å². The maximum atomic E-state index is 12.3. The molecule has 1 aliphatic rings. The minimum absolute atomic E-state index is 0.363. The van der Waals surface area contributed by atoms with Crippen LogP contribution in [0.2, 0.25) is 0 Å². The largest absolute Gasteiger partial charge is 0.465 e. The molecule has 0 aliphatic heterocycles. The predicted octanol–water partition coefficient (Wildman–Crippen LogP) is 4.30. The van der Waals surface area contributed by atoms with E-state index in [1.807, 2.05) is 30.3 Å². The number of thiophene rings is 1. The Morgan fingerprint density at radius 3 is 2.67 bits per heavy atom. The third kappa shape index (κ3) is 3.43. The van der Waals surface area contributed by atoms with E-state index in [2.05, 4.69) is 17.6 Å². The minimum atomic E-state index is -0.392. The van der Waals surface area contributed by atoms with Gasteiger partial charge in [0.15, 0.2) is 0 Å². The Hall–Kier alpha value is -2.34. The van der Waals surface area contributed by atoms with Crippen molar-refractivity contribution in [1.82, 2.24) is 0 Å². The molecule has 1 heterocycles. The van der Waals surface area contributed by atoms with Crippen molar-refractivity contribution < 1.29 is 14.3 Å². The second kappa shape index (κ2) is 7.05. The molecule has 1 atom stereocenters. The molecule has 6 heteroatoms. The van der Waals surface area contributed by atoms with Crippen molar-refractivity contribution >= 4 is 34.0 Å². The standard InChI is InChI=1S/C18H20N2O3S/c1-11-8-9-13-14(10-11)24-16(15(13)17(21)23-2)20-18(22)19-12-6-4-3-5-7-12/h3-7,11H,8-10H2,1-2H3,(H2,19,20,22)/t11-/m0/s1. The summed E-state index contributed by atoms with van der Waals surface area (Å²) in [7, 11) is 1.37. The molecule has 0 fully saturated rings. The Morgan fingerprint density at radius 1 is 1.21 bits per heavy atom. The van der Waals surface area contributed by atoms with Gasteiger partial charge in [0.05, 0.1) is 12.7 Å². The van der Waals surface area contributed by atoms with E-state index in [0.29, 0.717) is 22.2 Å². The van der Waals surface area contributed by atoms with Gasteiger partial charge in [0.25, 0.3) is 0 Å². The SMILES string of the molecule is COC(=O)c1c(NC(=O)Nc2ccccc2)sc2c1CC[C@H](C)C2. The van der Waals surface area contributed by atoms with Crippen LogP contribution in [0.3, 0.4) is 0 Å². The Bertz CT molecular complexity index is 755. The fraction of sp³-hybridized carbons (Fsp3) is 0.333. The number of rotatable bonds is 3. The van der Waals surface area contributed by atoms with Crippen LogP contribution < -0.4 is 10.6 Å². The highest BCUT2D eigenvalue weighted by atomic mass is 32.1. The number of para-hydroxylation sites is 1. The number of ether oxygens (including phenoxy) is 1. The zero-order valence-corrected chi connectivity index (χ0v) is 14.5. The van der Waals surface area contributed by atoms with Gasteiger partial charge in [-0.25, -0.2) is 9.59 Å². The smallest absolute Gasteiger partial charge is 0.341 e. The number of benzene rings is 1. The van der Waals surface area contributed by atoms with Gasteiger partial charge >= 0.3 is 12.0 Å². The topological polar surface area (TPSA) is 67.4 Å². The van der Waals surface area contributed by atoms with E-state index >= 15 is 0 Å². The average Bonchev–Trinajstić information content (AvgIpc) is 2.91. The molecule has 126 valence electrons. The first kappa shape index (κ1) is 16.5. The minimum Gasteiger partial charge on any atom is -0.465 e. The quantitative estimate of drug-likeness (QED) is 0.816. The number of carbonyl (C=O) groups excluding carboxylic acids is 2. The molecular formula is C18H20N2O3S. The Balaban J connectivity index is 1.84. The van der Waals surface area contributed by atoms with Crippen LogP contribution in [0.25, 0.3) is 0 Å². The van der Waals surface area contributed by atoms with E-state index in [4.69, 9.17) is 4.74 Å². The number of methoxy groups -OCH3 is 1. The van der Waals surface area contributed by atoms with Crippen molar-refractivity contribution in [1.29, 1.82) is 0 Å². The molecule has 2 N–H and O–H groups in total. The summed E-state index contributed by atoms with van der Waals surface area (Å²) in [6, 6.07) is 8.83. The molecule has 1 aliphatic carbocycles. The van der Waals surface area contributed by atoms with Gasteiger partial charge in [0.2, 0.25) is 0 Å². The molecule has 0 saturated heterocycles. The van der Waals surface area contributed by atoms with Crippen LogP contribution in [0.4, 0.5) is 15.5 Å². The number of hydrogen-bond donors (Lipinski definition) is 2. The summed E-state index contributed by atoms with van der Waals surface area (Å²) in [5.74, 6) is 0.199. The Kier molecular flexibility index (Phi) is 4.85. The molecule has 0 spiro atoms. The number of carbonyl (C=O) groups is 2. The van der Waals surface area contributed by atoms with Crippen molar-refractivity contribution in [3.05, 3.63) is 46.3 Å². The van der Waals surface area contributed by atoms with Crippen molar-refractivity contribution in [2.45, 2.75) is 26.2 Å². The van der Waals surface area contributed by atoms with E-state index in [0.717, 1.165) is 24.8 Å². The summed E-state index contributed by atoms with van der Waals surface area (Å²) < 4.78 is 4.92.